The maximum absolute atomic E-state index is 12.8. The molecule has 1 atom stereocenters. The summed E-state index contributed by atoms with van der Waals surface area (Å²) in [5.41, 5.74) is 0.309. The van der Waals surface area contributed by atoms with Gasteiger partial charge < -0.3 is 19.5 Å². The number of nitrogens with one attached hydrogen (secondary N) is 1. The molecule has 8 nitrogen and oxygen atoms in total. The van der Waals surface area contributed by atoms with Crippen molar-refractivity contribution in [1.82, 2.24) is 19.4 Å². The van der Waals surface area contributed by atoms with Gasteiger partial charge in [0, 0.05) is 37.6 Å². The zero-order valence-electron chi connectivity index (χ0n) is 18.1. The third kappa shape index (κ3) is 5.03. The highest BCUT2D eigenvalue weighted by atomic mass is 35.5. The van der Waals surface area contributed by atoms with E-state index in [9.17, 15) is 9.59 Å². The normalized spacial score (nSPS) is 16.0. The first-order chi connectivity index (χ1) is 15.4. The number of anilines is 1. The smallest absolute Gasteiger partial charge is 0.273 e. The van der Waals surface area contributed by atoms with Gasteiger partial charge in [-0.1, -0.05) is 11.6 Å². The molecule has 3 aromatic heterocycles. The van der Waals surface area contributed by atoms with Crippen molar-refractivity contribution in [2.75, 3.05) is 32.1 Å². The predicted octanol–water partition coefficient (Wildman–Crippen LogP) is 2.68. The minimum absolute atomic E-state index is 0.208. The molecule has 0 radical (unpaired) electrons. The fraction of sp³-hybridized carbons (Fsp3) is 0.348. The largest absolute Gasteiger partial charge is 0.487 e. The number of aromatic amines is 1. The van der Waals surface area contributed by atoms with E-state index in [4.69, 9.17) is 16.3 Å². The van der Waals surface area contributed by atoms with Crippen LogP contribution in [0.4, 0.5) is 5.82 Å². The van der Waals surface area contributed by atoms with Crippen LogP contribution in [-0.4, -0.2) is 52.7 Å². The van der Waals surface area contributed by atoms with Crippen molar-refractivity contribution in [2.45, 2.75) is 25.5 Å². The van der Waals surface area contributed by atoms with Crippen molar-refractivity contribution in [1.29, 1.82) is 0 Å². The van der Waals surface area contributed by atoms with Crippen molar-refractivity contribution in [3.05, 3.63) is 80.2 Å². The molecule has 1 saturated heterocycles. The first kappa shape index (κ1) is 22.1. The summed E-state index contributed by atoms with van der Waals surface area (Å²) in [5.74, 6) is 1.19. The molecule has 4 heterocycles. The molecule has 168 valence electrons. The lowest BCUT2D eigenvalue weighted by molar-refractivity contribution is 0.300. The van der Waals surface area contributed by atoms with Crippen LogP contribution in [0.3, 0.4) is 0 Å². The molecule has 4 rings (SSSR count). The summed E-state index contributed by atoms with van der Waals surface area (Å²) >= 11 is 5.83. The minimum atomic E-state index is -0.350. The first-order valence-electron chi connectivity index (χ1n) is 10.5. The molecule has 9 heteroatoms. The molecular formula is C23H26ClN5O3. The van der Waals surface area contributed by atoms with E-state index in [1.807, 2.05) is 20.2 Å². The van der Waals surface area contributed by atoms with Crippen LogP contribution in [0.5, 0.6) is 5.75 Å². The maximum Gasteiger partial charge on any atom is 0.273 e. The van der Waals surface area contributed by atoms with E-state index in [1.54, 1.807) is 36.7 Å². The van der Waals surface area contributed by atoms with Gasteiger partial charge in [-0.05, 0) is 57.3 Å². The molecule has 0 aromatic carbocycles. The summed E-state index contributed by atoms with van der Waals surface area (Å²) in [6, 6.07) is 10.4. The minimum Gasteiger partial charge on any atom is -0.487 e. The van der Waals surface area contributed by atoms with Crippen LogP contribution in [0.25, 0.3) is 5.69 Å². The number of H-pyrrole nitrogens is 1. The Morgan fingerprint density at radius 3 is 2.75 bits per heavy atom. The summed E-state index contributed by atoms with van der Waals surface area (Å²) in [7, 11) is 4.10. The van der Waals surface area contributed by atoms with E-state index in [2.05, 4.69) is 19.8 Å². The summed E-state index contributed by atoms with van der Waals surface area (Å²) in [6.07, 6.45) is 5.27. The number of ether oxygens (including phenoxy) is 1. The second kappa shape index (κ2) is 9.58. The summed E-state index contributed by atoms with van der Waals surface area (Å²) in [5, 5.41) is 0.547. The van der Waals surface area contributed by atoms with Crippen LogP contribution < -0.4 is 20.8 Å². The van der Waals surface area contributed by atoms with Gasteiger partial charge in [0.1, 0.15) is 23.9 Å². The third-order valence-corrected chi connectivity index (χ3v) is 5.69. The third-order valence-electron chi connectivity index (χ3n) is 5.46. The fourth-order valence-electron chi connectivity index (χ4n) is 3.98. The fourth-order valence-corrected chi connectivity index (χ4v) is 4.09. The Bertz CT molecular complexity index is 1190. The lowest BCUT2D eigenvalue weighted by Crippen LogP contribution is -2.38. The number of nitrogens with zero attached hydrogens (tertiary/aromatic N) is 4. The Morgan fingerprint density at radius 2 is 2.06 bits per heavy atom. The van der Waals surface area contributed by atoms with Gasteiger partial charge in [-0.25, -0.2) is 0 Å². The number of rotatable bonds is 7. The van der Waals surface area contributed by atoms with Crippen molar-refractivity contribution >= 4 is 17.4 Å². The van der Waals surface area contributed by atoms with Gasteiger partial charge in [0.05, 0.1) is 10.7 Å². The van der Waals surface area contributed by atoms with Crippen molar-refractivity contribution in [3.63, 3.8) is 0 Å². The standard InChI is InChI=1S/C23H26ClN5O3/c1-27(2)14-18-4-3-10-28(18)21-8-7-20(23(31)26-21)29-11-9-19(12-22(29)30)32-15-17-6-5-16(24)13-25-17/h5-9,11-13,18H,3-4,10,14-15H2,1-2H3,(H,26,31)/t18-/m1/s1. The molecule has 0 spiro atoms. The van der Waals surface area contributed by atoms with Crippen molar-refractivity contribution < 1.29 is 4.74 Å². The van der Waals surface area contributed by atoms with Crippen LogP contribution in [0, 0.1) is 0 Å². The lowest BCUT2D eigenvalue weighted by atomic mass is 10.2. The number of likely N-dealkylation sites (N-methyl/N-ethyl adjacent to an activating group) is 1. The molecule has 32 heavy (non-hydrogen) atoms. The molecule has 0 unspecified atom stereocenters. The summed E-state index contributed by atoms with van der Waals surface area (Å²) in [4.78, 5) is 36.9. The molecule has 0 saturated carbocycles. The van der Waals surface area contributed by atoms with Gasteiger partial charge in [0.2, 0.25) is 0 Å². The number of halogens is 1. The van der Waals surface area contributed by atoms with Gasteiger partial charge in [0.15, 0.2) is 0 Å². The molecule has 0 bridgehead atoms. The average Bonchev–Trinajstić information content (AvgIpc) is 3.21. The summed E-state index contributed by atoms with van der Waals surface area (Å²) < 4.78 is 6.97. The van der Waals surface area contributed by atoms with Gasteiger partial charge in [0.25, 0.3) is 11.1 Å². The van der Waals surface area contributed by atoms with Gasteiger partial charge in [-0.15, -0.1) is 0 Å². The maximum atomic E-state index is 12.8. The van der Waals surface area contributed by atoms with Crippen LogP contribution >= 0.6 is 11.6 Å². The zero-order valence-corrected chi connectivity index (χ0v) is 18.9. The number of pyridine rings is 3. The second-order valence-corrected chi connectivity index (χ2v) is 8.57. The highest BCUT2D eigenvalue weighted by Crippen LogP contribution is 2.23. The molecule has 1 aliphatic rings. The molecular weight excluding hydrogens is 430 g/mol. The van der Waals surface area contributed by atoms with Crippen molar-refractivity contribution in [3.8, 4) is 11.4 Å². The van der Waals surface area contributed by atoms with Gasteiger partial charge >= 0.3 is 0 Å². The number of aromatic nitrogens is 3. The van der Waals surface area contributed by atoms with E-state index >= 15 is 0 Å². The van der Waals surface area contributed by atoms with E-state index < -0.39 is 0 Å². The van der Waals surface area contributed by atoms with E-state index in [0.29, 0.717) is 22.5 Å². The SMILES string of the molecule is CN(C)C[C@H]1CCCN1c1ccc(-n2ccc(OCc3ccc(Cl)cn3)cc2=O)c(=O)[nH]1. The molecule has 0 amide bonds. The quantitative estimate of drug-likeness (QED) is 0.589. The average molecular weight is 456 g/mol. The molecule has 1 aliphatic heterocycles. The zero-order chi connectivity index (χ0) is 22.7. The van der Waals surface area contributed by atoms with Crippen LogP contribution in [0.2, 0.25) is 5.02 Å². The van der Waals surface area contributed by atoms with Gasteiger partial charge in [-0.3, -0.25) is 19.1 Å². The highest BCUT2D eigenvalue weighted by molar-refractivity contribution is 6.30. The molecule has 3 aromatic rings. The predicted molar refractivity (Wildman–Crippen MR) is 125 cm³/mol. The molecule has 0 aliphatic carbocycles. The summed E-state index contributed by atoms with van der Waals surface area (Å²) in [6.45, 7) is 2.04. The van der Waals surface area contributed by atoms with Crippen molar-refractivity contribution in [2.24, 2.45) is 0 Å². The van der Waals surface area contributed by atoms with Gasteiger partial charge in [-0.2, -0.15) is 0 Å². The first-order valence-corrected chi connectivity index (χ1v) is 10.9. The molecule has 1 N–H and O–H groups in total. The lowest BCUT2D eigenvalue weighted by Gasteiger charge is -2.28. The van der Waals surface area contributed by atoms with E-state index in [0.717, 1.165) is 31.7 Å². The Balaban J connectivity index is 1.50. The Hall–Kier alpha value is -3.10. The Morgan fingerprint density at radius 1 is 1.22 bits per heavy atom. The van der Waals surface area contributed by atoms with Crippen LogP contribution in [0.15, 0.2) is 58.4 Å². The number of hydrogen-bond donors (Lipinski definition) is 1. The monoisotopic (exact) mass is 455 g/mol. The van der Waals surface area contributed by atoms with Crippen LogP contribution in [0.1, 0.15) is 18.5 Å². The second-order valence-electron chi connectivity index (χ2n) is 8.14. The van der Waals surface area contributed by atoms with E-state index in [-0.39, 0.29) is 23.4 Å². The highest BCUT2D eigenvalue weighted by Gasteiger charge is 2.26. The Kier molecular flexibility index (Phi) is 6.62. The van der Waals surface area contributed by atoms with E-state index in [1.165, 1.54) is 10.6 Å². The van der Waals surface area contributed by atoms with Crippen LogP contribution in [-0.2, 0) is 6.61 Å². The molecule has 1 fully saturated rings. The Labute approximate surface area is 191 Å². The number of hydrogen-bond acceptors (Lipinski definition) is 6. The topological polar surface area (TPSA) is 83.5 Å².